The van der Waals surface area contributed by atoms with E-state index in [1.807, 2.05) is 6.07 Å². The third-order valence-electron chi connectivity index (χ3n) is 3.62. The van der Waals surface area contributed by atoms with Crippen molar-refractivity contribution in [1.82, 2.24) is 15.3 Å². The van der Waals surface area contributed by atoms with Gasteiger partial charge in [0.2, 0.25) is 5.91 Å². The van der Waals surface area contributed by atoms with Crippen LogP contribution in [0.25, 0.3) is 0 Å². The molecule has 0 atom stereocenters. The van der Waals surface area contributed by atoms with Crippen LogP contribution in [0.2, 0.25) is 0 Å². The molecule has 0 radical (unpaired) electrons. The number of carbonyl (C=O) groups excluding carboxylic acids is 1. The number of aromatic nitrogens is 2. The van der Waals surface area contributed by atoms with Gasteiger partial charge in [0.15, 0.2) is 11.5 Å². The minimum absolute atomic E-state index is 0.0122. The first kappa shape index (κ1) is 17.5. The van der Waals surface area contributed by atoms with E-state index in [1.165, 1.54) is 0 Å². The van der Waals surface area contributed by atoms with Crippen molar-refractivity contribution in [3.63, 3.8) is 0 Å². The first-order valence-electron chi connectivity index (χ1n) is 7.48. The molecule has 1 amide bonds. The lowest BCUT2D eigenvalue weighted by Crippen LogP contribution is -2.29. The molecule has 7 heteroatoms. The second kappa shape index (κ2) is 7.63. The van der Waals surface area contributed by atoms with E-state index in [2.05, 4.69) is 15.3 Å². The molecule has 128 valence electrons. The maximum absolute atomic E-state index is 12.1. The first-order valence-corrected chi connectivity index (χ1v) is 7.48. The molecule has 2 rings (SSSR count). The Morgan fingerprint density at radius 3 is 2.54 bits per heavy atom. The summed E-state index contributed by atoms with van der Waals surface area (Å²) in [6, 6.07) is 5.41. The van der Waals surface area contributed by atoms with Gasteiger partial charge in [0.1, 0.15) is 5.82 Å². The summed E-state index contributed by atoms with van der Waals surface area (Å²) in [4.78, 5) is 30.8. The van der Waals surface area contributed by atoms with Crippen LogP contribution in [0.15, 0.2) is 23.0 Å². The van der Waals surface area contributed by atoms with Crippen LogP contribution in [0.5, 0.6) is 11.5 Å². The van der Waals surface area contributed by atoms with Gasteiger partial charge in [-0.1, -0.05) is 6.07 Å². The number of aryl methyl sites for hydroxylation is 2. The van der Waals surface area contributed by atoms with Gasteiger partial charge in [-0.05, 0) is 31.5 Å². The molecule has 1 aromatic carbocycles. The zero-order chi connectivity index (χ0) is 17.7. The summed E-state index contributed by atoms with van der Waals surface area (Å²) in [5, 5.41) is 2.79. The minimum atomic E-state index is -0.277. The molecule has 0 fully saturated rings. The van der Waals surface area contributed by atoms with Crippen molar-refractivity contribution in [3.05, 3.63) is 51.2 Å². The van der Waals surface area contributed by atoms with E-state index in [9.17, 15) is 9.59 Å². The largest absolute Gasteiger partial charge is 0.493 e. The number of nitrogens with zero attached hydrogens (tertiary/aromatic N) is 1. The highest BCUT2D eigenvalue weighted by Gasteiger charge is 2.12. The fourth-order valence-electron chi connectivity index (χ4n) is 2.37. The van der Waals surface area contributed by atoms with Gasteiger partial charge in [0.25, 0.3) is 5.56 Å². The Kier molecular flexibility index (Phi) is 5.57. The van der Waals surface area contributed by atoms with Gasteiger partial charge in [0.05, 0.1) is 20.6 Å². The molecule has 2 N–H and O–H groups in total. The molecule has 1 heterocycles. The Hall–Kier alpha value is -2.83. The standard InChI is InChI=1S/C17H21N3O4/c1-10-13(17(22)20-11(2)19-10)8-16(21)18-9-12-5-6-14(23-3)15(7-12)24-4/h5-7H,8-9H2,1-4H3,(H,18,21)(H,19,20,22). The molecular formula is C17H21N3O4. The van der Waals surface area contributed by atoms with Gasteiger partial charge < -0.3 is 19.8 Å². The van der Waals surface area contributed by atoms with Crippen LogP contribution in [0.1, 0.15) is 22.6 Å². The van der Waals surface area contributed by atoms with Crippen LogP contribution < -0.4 is 20.3 Å². The van der Waals surface area contributed by atoms with Crippen LogP contribution in [-0.4, -0.2) is 30.1 Å². The number of amides is 1. The van der Waals surface area contributed by atoms with Gasteiger partial charge in [0, 0.05) is 17.8 Å². The average Bonchev–Trinajstić information content (AvgIpc) is 2.55. The fraction of sp³-hybridized carbons (Fsp3) is 0.353. The van der Waals surface area contributed by atoms with Gasteiger partial charge in [-0.2, -0.15) is 0 Å². The van der Waals surface area contributed by atoms with Crippen molar-refractivity contribution in [1.29, 1.82) is 0 Å². The maximum Gasteiger partial charge on any atom is 0.254 e. The summed E-state index contributed by atoms with van der Waals surface area (Å²) in [7, 11) is 3.12. The van der Waals surface area contributed by atoms with Crippen molar-refractivity contribution in [2.24, 2.45) is 0 Å². The Morgan fingerprint density at radius 1 is 1.21 bits per heavy atom. The molecule has 0 aliphatic carbocycles. The Balaban J connectivity index is 2.03. The molecule has 7 nitrogen and oxygen atoms in total. The van der Waals surface area contributed by atoms with E-state index >= 15 is 0 Å². The average molecular weight is 331 g/mol. The minimum Gasteiger partial charge on any atom is -0.493 e. The summed E-state index contributed by atoms with van der Waals surface area (Å²) < 4.78 is 10.4. The summed E-state index contributed by atoms with van der Waals surface area (Å²) in [6.07, 6.45) is -0.0122. The molecule has 0 unspecified atom stereocenters. The quantitative estimate of drug-likeness (QED) is 0.831. The Bertz CT molecular complexity index is 799. The number of aromatic amines is 1. The predicted octanol–water partition coefficient (Wildman–Crippen LogP) is 1.26. The molecule has 24 heavy (non-hydrogen) atoms. The topological polar surface area (TPSA) is 93.3 Å². The molecule has 0 saturated heterocycles. The number of rotatable bonds is 6. The number of carbonyl (C=O) groups is 1. The zero-order valence-electron chi connectivity index (χ0n) is 14.2. The highest BCUT2D eigenvalue weighted by molar-refractivity contribution is 5.78. The molecule has 0 aliphatic heterocycles. The lowest BCUT2D eigenvalue weighted by Gasteiger charge is -2.10. The lowest BCUT2D eigenvalue weighted by atomic mass is 10.1. The van der Waals surface area contributed by atoms with Gasteiger partial charge in [-0.25, -0.2) is 4.98 Å². The van der Waals surface area contributed by atoms with Crippen molar-refractivity contribution < 1.29 is 14.3 Å². The number of ether oxygens (including phenoxy) is 2. The first-order chi connectivity index (χ1) is 11.4. The van der Waals surface area contributed by atoms with Crippen LogP contribution in [0.4, 0.5) is 0 Å². The molecular weight excluding hydrogens is 310 g/mol. The van der Waals surface area contributed by atoms with Gasteiger partial charge in [-0.3, -0.25) is 9.59 Å². The normalized spacial score (nSPS) is 10.3. The summed E-state index contributed by atoms with van der Waals surface area (Å²) in [5.74, 6) is 1.51. The highest BCUT2D eigenvalue weighted by Crippen LogP contribution is 2.27. The van der Waals surface area contributed by atoms with Gasteiger partial charge in [-0.15, -0.1) is 0 Å². The van der Waals surface area contributed by atoms with Crippen molar-refractivity contribution >= 4 is 5.91 Å². The van der Waals surface area contributed by atoms with Crippen LogP contribution in [0.3, 0.4) is 0 Å². The number of nitrogens with one attached hydrogen (secondary N) is 2. The van der Waals surface area contributed by atoms with Crippen LogP contribution >= 0.6 is 0 Å². The summed E-state index contributed by atoms with van der Waals surface area (Å²) >= 11 is 0. The lowest BCUT2D eigenvalue weighted by molar-refractivity contribution is -0.120. The Labute approximate surface area is 140 Å². The molecule has 0 bridgehead atoms. The monoisotopic (exact) mass is 331 g/mol. The third-order valence-corrected chi connectivity index (χ3v) is 3.62. The highest BCUT2D eigenvalue weighted by atomic mass is 16.5. The van der Waals surface area contributed by atoms with Crippen LogP contribution in [0, 0.1) is 13.8 Å². The van der Waals surface area contributed by atoms with Crippen molar-refractivity contribution in [2.75, 3.05) is 14.2 Å². The smallest absolute Gasteiger partial charge is 0.254 e. The number of hydrogen-bond donors (Lipinski definition) is 2. The van der Waals surface area contributed by atoms with E-state index in [-0.39, 0.29) is 17.9 Å². The number of H-pyrrole nitrogens is 1. The maximum atomic E-state index is 12.1. The third kappa shape index (κ3) is 4.13. The molecule has 0 saturated carbocycles. The SMILES string of the molecule is COc1ccc(CNC(=O)Cc2c(C)nc(C)[nH]c2=O)cc1OC. The van der Waals surface area contributed by atoms with Crippen LogP contribution in [-0.2, 0) is 17.8 Å². The number of benzene rings is 1. The van der Waals surface area contributed by atoms with Crippen molar-refractivity contribution in [2.45, 2.75) is 26.8 Å². The summed E-state index contributed by atoms with van der Waals surface area (Å²) in [5.41, 5.74) is 1.54. The van der Waals surface area contributed by atoms with E-state index in [0.717, 1.165) is 5.56 Å². The molecule has 0 aliphatic rings. The van der Waals surface area contributed by atoms with E-state index in [1.54, 1.807) is 40.2 Å². The molecule has 2 aromatic rings. The van der Waals surface area contributed by atoms with Crippen molar-refractivity contribution in [3.8, 4) is 11.5 Å². The van der Waals surface area contributed by atoms with E-state index < -0.39 is 0 Å². The second-order valence-electron chi connectivity index (χ2n) is 5.36. The predicted molar refractivity (Wildman–Crippen MR) is 89.4 cm³/mol. The molecule has 0 spiro atoms. The zero-order valence-corrected chi connectivity index (χ0v) is 14.2. The van der Waals surface area contributed by atoms with Gasteiger partial charge >= 0.3 is 0 Å². The van der Waals surface area contributed by atoms with E-state index in [0.29, 0.717) is 35.1 Å². The summed E-state index contributed by atoms with van der Waals surface area (Å²) in [6.45, 7) is 3.75. The second-order valence-corrected chi connectivity index (χ2v) is 5.36. The van der Waals surface area contributed by atoms with E-state index in [4.69, 9.17) is 9.47 Å². The molecule has 1 aromatic heterocycles. The Morgan fingerprint density at radius 2 is 1.92 bits per heavy atom. The number of hydrogen-bond acceptors (Lipinski definition) is 5. The number of methoxy groups -OCH3 is 2. The fourth-order valence-corrected chi connectivity index (χ4v) is 2.37.